The first-order chi connectivity index (χ1) is 8.22. The molecule has 1 aliphatic heterocycles. The predicted molar refractivity (Wildman–Crippen MR) is 67.9 cm³/mol. The van der Waals surface area contributed by atoms with E-state index in [2.05, 4.69) is 34.7 Å². The van der Waals surface area contributed by atoms with E-state index in [1.54, 1.807) is 6.20 Å². The van der Waals surface area contributed by atoms with Gasteiger partial charge in [-0.25, -0.2) is 4.98 Å². The molecule has 0 unspecified atom stereocenters. The van der Waals surface area contributed by atoms with E-state index in [0.717, 1.165) is 31.9 Å². The number of piperazine rings is 1. The molecule has 0 saturated carbocycles. The van der Waals surface area contributed by atoms with E-state index in [4.69, 9.17) is 5.26 Å². The summed E-state index contributed by atoms with van der Waals surface area (Å²) in [7, 11) is 0. The van der Waals surface area contributed by atoms with Gasteiger partial charge < -0.3 is 4.90 Å². The van der Waals surface area contributed by atoms with Gasteiger partial charge in [-0.15, -0.1) is 0 Å². The van der Waals surface area contributed by atoms with E-state index in [1.807, 2.05) is 12.1 Å². The molecule has 0 aliphatic carbocycles. The van der Waals surface area contributed by atoms with Crippen LogP contribution in [-0.4, -0.2) is 42.1 Å². The number of nitriles is 1. The molecular formula is C13H18N4. The van der Waals surface area contributed by atoms with Crippen LogP contribution in [0.2, 0.25) is 0 Å². The van der Waals surface area contributed by atoms with Crippen LogP contribution in [0.15, 0.2) is 18.3 Å². The molecule has 1 aromatic heterocycles. The Morgan fingerprint density at radius 3 is 2.59 bits per heavy atom. The van der Waals surface area contributed by atoms with Crippen molar-refractivity contribution in [3.63, 3.8) is 0 Å². The van der Waals surface area contributed by atoms with Crippen molar-refractivity contribution < 1.29 is 0 Å². The van der Waals surface area contributed by atoms with Crippen molar-refractivity contribution in [2.75, 3.05) is 31.1 Å². The molecule has 0 atom stereocenters. The second kappa shape index (κ2) is 5.15. The molecule has 90 valence electrons. The van der Waals surface area contributed by atoms with Crippen molar-refractivity contribution in [2.24, 2.45) is 0 Å². The van der Waals surface area contributed by atoms with E-state index in [9.17, 15) is 0 Å². The predicted octanol–water partition coefficient (Wildman–Crippen LogP) is 1.48. The quantitative estimate of drug-likeness (QED) is 0.772. The van der Waals surface area contributed by atoms with Gasteiger partial charge in [-0.2, -0.15) is 5.26 Å². The van der Waals surface area contributed by atoms with Gasteiger partial charge >= 0.3 is 0 Å². The summed E-state index contributed by atoms with van der Waals surface area (Å²) >= 11 is 0. The summed E-state index contributed by atoms with van der Waals surface area (Å²) < 4.78 is 0. The van der Waals surface area contributed by atoms with Gasteiger partial charge in [0.05, 0.1) is 5.69 Å². The Hall–Kier alpha value is -1.60. The van der Waals surface area contributed by atoms with Crippen molar-refractivity contribution in [1.29, 1.82) is 5.26 Å². The number of hydrogen-bond donors (Lipinski definition) is 0. The number of rotatable bonds is 2. The fraction of sp³-hybridized carbons (Fsp3) is 0.538. The largest absolute Gasteiger partial charge is 0.367 e. The van der Waals surface area contributed by atoms with Gasteiger partial charge in [-0.3, -0.25) is 4.90 Å². The zero-order valence-electron chi connectivity index (χ0n) is 10.4. The Bertz CT molecular complexity index is 414. The molecule has 1 saturated heterocycles. The van der Waals surface area contributed by atoms with Crippen LogP contribution >= 0.6 is 0 Å². The molecule has 17 heavy (non-hydrogen) atoms. The summed E-state index contributed by atoms with van der Waals surface area (Å²) in [6, 6.07) is 6.64. The van der Waals surface area contributed by atoms with Gasteiger partial charge in [0.1, 0.15) is 6.07 Å². The van der Waals surface area contributed by atoms with Crippen molar-refractivity contribution >= 4 is 5.69 Å². The standard InChI is InChI=1S/C13H18N4/c1-11(2)16-6-8-17(9-7-16)13-4-3-5-15-12(13)10-14/h3-5,11H,6-9H2,1-2H3. The van der Waals surface area contributed by atoms with Crippen LogP contribution in [0.5, 0.6) is 0 Å². The van der Waals surface area contributed by atoms with Crippen molar-refractivity contribution in [3.05, 3.63) is 24.0 Å². The summed E-state index contributed by atoms with van der Waals surface area (Å²) in [6.45, 7) is 8.49. The Kier molecular flexibility index (Phi) is 3.60. The maximum absolute atomic E-state index is 9.04. The average Bonchev–Trinajstić information content (AvgIpc) is 2.39. The van der Waals surface area contributed by atoms with Crippen molar-refractivity contribution in [1.82, 2.24) is 9.88 Å². The van der Waals surface area contributed by atoms with Crippen LogP contribution in [0, 0.1) is 11.3 Å². The van der Waals surface area contributed by atoms with E-state index in [0.29, 0.717) is 11.7 Å². The van der Waals surface area contributed by atoms with Crippen LogP contribution in [-0.2, 0) is 0 Å². The monoisotopic (exact) mass is 230 g/mol. The van der Waals surface area contributed by atoms with Gasteiger partial charge in [-0.1, -0.05) is 0 Å². The van der Waals surface area contributed by atoms with Gasteiger partial charge in [0.2, 0.25) is 0 Å². The molecule has 4 nitrogen and oxygen atoms in total. The van der Waals surface area contributed by atoms with E-state index in [1.165, 1.54) is 0 Å². The van der Waals surface area contributed by atoms with Crippen LogP contribution in [0.25, 0.3) is 0 Å². The molecule has 0 aromatic carbocycles. The molecular weight excluding hydrogens is 212 g/mol. The summed E-state index contributed by atoms with van der Waals surface area (Å²) in [6.07, 6.45) is 1.67. The molecule has 0 radical (unpaired) electrons. The first kappa shape index (κ1) is 11.9. The maximum atomic E-state index is 9.04. The third-order valence-electron chi connectivity index (χ3n) is 3.28. The summed E-state index contributed by atoms with van der Waals surface area (Å²) in [5.74, 6) is 0. The van der Waals surface area contributed by atoms with Crippen molar-refractivity contribution in [2.45, 2.75) is 19.9 Å². The van der Waals surface area contributed by atoms with E-state index >= 15 is 0 Å². The van der Waals surface area contributed by atoms with Crippen LogP contribution in [0.3, 0.4) is 0 Å². The topological polar surface area (TPSA) is 43.2 Å². The molecule has 1 fully saturated rings. The third kappa shape index (κ3) is 2.56. The van der Waals surface area contributed by atoms with Crippen LogP contribution in [0.4, 0.5) is 5.69 Å². The minimum absolute atomic E-state index is 0.533. The Morgan fingerprint density at radius 1 is 1.29 bits per heavy atom. The normalized spacial score (nSPS) is 17.2. The summed E-state index contributed by atoms with van der Waals surface area (Å²) in [5.41, 5.74) is 1.50. The number of nitrogens with zero attached hydrogens (tertiary/aromatic N) is 4. The fourth-order valence-electron chi connectivity index (χ4n) is 2.22. The highest BCUT2D eigenvalue weighted by atomic mass is 15.3. The zero-order valence-corrected chi connectivity index (χ0v) is 10.4. The highest BCUT2D eigenvalue weighted by molar-refractivity contribution is 5.55. The maximum Gasteiger partial charge on any atom is 0.163 e. The lowest BCUT2D eigenvalue weighted by Crippen LogP contribution is -2.49. The Labute approximate surface area is 102 Å². The second-order valence-electron chi connectivity index (χ2n) is 4.60. The molecule has 0 bridgehead atoms. The number of pyridine rings is 1. The molecule has 1 aromatic rings. The smallest absolute Gasteiger partial charge is 0.163 e. The SMILES string of the molecule is CC(C)N1CCN(c2cccnc2C#N)CC1. The van der Waals surface area contributed by atoms with Gasteiger partial charge in [0, 0.05) is 38.4 Å². The zero-order chi connectivity index (χ0) is 12.3. The van der Waals surface area contributed by atoms with Crippen LogP contribution in [0.1, 0.15) is 19.5 Å². The third-order valence-corrected chi connectivity index (χ3v) is 3.28. The van der Waals surface area contributed by atoms with Gasteiger partial charge in [-0.05, 0) is 26.0 Å². The molecule has 2 rings (SSSR count). The first-order valence-corrected chi connectivity index (χ1v) is 6.06. The molecule has 0 N–H and O–H groups in total. The lowest BCUT2D eigenvalue weighted by molar-refractivity contribution is 0.209. The summed E-state index contributed by atoms with van der Waals surface area (Å²) in [4.78, 5) is 8.82. The minimum atomic E-state index is 0.533. The molecule has 2 heterocycles. The highest BCUT2D eigenvalue weighted by Gasteiger charge is 2.20. The molecule has 1 aliphatic rings. The molecule has 0 spiro atoms. The second-order valence-corrected chi connectivity index (χ2v) is 4.60. The van der Waals surface area contributed by atoms with Crippen molar-refractivity contribution in [3.8, 4) is 6.07 Å². The van der Waals surface area contributed by atoms with Gasteiger partial charge in [0.15, 0.2) is 5.69 Å². The highest BCUT2D eigenvalue weighted by Crippen LogP contribution is 2.19. The van der Waals surface area contributed by atoms with E-state index in [-0.39, 0.29) is 0 Å². The summed E-state index contributed by atoms with van der Waals surface area (Å²) in [5, 5.41) is 9.04. The van der Waals surface area contributed by atoms with Gasteiger partial charge in [0.25, 0.3) is 0 Å². The first-order valence-electron chi connectivity index (χ1n) is 6.06. The molecule has 4 heteroatoms. The molecule has 0 amide bonds. The fourth-order valence-corrected chi connectivity index (χ4v) is 2.22. The minimum Gasteiger partial charge on any atom is -0.367 e. The van der Waals surface area contributed by atoms with E-state index < -0.39 is 0 Å². The Morgan fingerprint density at radius 2 is 2.00 bits per heavy atom. The number of anilines is 1. The number of hydrogen-bond acceptors (Lipinski definition) is 4. The lowest BCUT2D eigenvalue weighted by atomic mass is 10.2. The van der Waals surface area contributed by atoms with Crippen LogP contribution < -0.4 is 4.90 Å². The number of aromatic nitrogens is 1. The average molecular weight is 230 g/mol. The lowest BCUT2D eigenvalue weighted by Gasteiger charge is -2.38. The Balaban J connectivity index is 2.08.